The second-order valence-electron chi connectivity index (χ2n) is 5.77. The predicted octanol–water partition coefficient (Wildman–Crippen LogP) is 3.81. The maximum Gasteiger partial charge on any atom is 0.230 e. The third-order valence-corrected chi connectivity index (χ3v) is 4.88. The second kappa shape index (κ2) is 8.34. The number of aromatic nitrogens is 3. The first-order valence-electron chi connectivity index (χ1n) is 8.33. The van der Waals surface area contributed by atoms with Crippen LogP contribution < -0.4 is 5.32 Å². The van der Waals surface area contributed by atoms with Crippen molar-refractivity contribution < 1.29 is 18.0 Å². The van der Waals surface area contributed by atoms with Crippen LogP contribution in [-0.4, -0.2) is 26.4 Å². The molecule has 142 valence electrons. The standard InChI is InChI=1S/C18H18F2N4O2S/c1-3-24-17(15-5-4-8-26-15)22-23-18(24)27-10-16(25)21-11(2)13-7-6-12(19)9-14(13)20/h4-9,11H,3,10H2,1-2H3,(H,21,25). The number of carbonyl (C=O) groups excluding carboxylic acids is 1. The van der Waals surface area contributed by atoms with Gasteiger partial charge >= 0.3 is 0 Å². The van der Waals surface area contributed by atoms with Crippen LogP contribution in [0.4, 0.5) is 8.78 Å². The number of carbonyl (C=O) groups is 1. The van der Waals surface area contributed by atoms with Gasteiger partial charge in [-0.15, -0.1) is 10.2 Å². The molecule has 0 aliphatic carbocycles. The molecule has 0 saturated heterocycles. The summed E-state index contributed by atoms with van der Waals surface area (Å²) in [6.45, 7) is 4.20. The molecular formula is C18H18F2N4O2S. The molecule has 1 amide bonds. The SMILES string of the molecule is CCn1c(SCC(=O)NC(C)c2ccc(F)cc2F)nnc1-c1ccco1. The van der Waals surface area contributed by atoms with Crippen LogP contribution >= 0.6 is 11.8 Å². The van der Waals surface area contributed by atoms with Crippen LogP contribution in [0, 0.1) is 11.6 Å². The Morgan fingerprint density at radius 2 is 2.15 bits per heavy atom. The van der Waals surface area contributed by atoms with Crippen molar-refractivity contribution in [3.05, 3.63) is 53.8 Å². The van der Waals surface area contributed by atoms with Crippen LogP contribution in [0.5, 0.6) is 0 Å². The van der Waals surface area contributed by atoms with E-state index in [1.807, 2.05) is 11.5 Å². The Kier molecular flexibility index (Phi) is 5.90. The van der Waals surface area contributed by atoms with Gasteiger partial charge in [-0.05, 0) is 32.0 Å². The number of thioether (sulfide) groups is 1. The molecule has 3 rings (SSSR count). The van der Waals surface area contributed by atoms with E-state index in [0.29, 0.717) is 23.3 Å². The highest BCUT2D eigenvalue weighted by Gasteiger charge is 2.18. The van der Waals surface area contributed by atoms with Gasteiger partial charge < -0.3 is 9.73 Å². The van der Waals surface area contributed by atoms with Gasteiger partial charge in [0.25, 0.3) is 0 Å². The molecule has 0 bridgehead atoms. The van der Waals surface area contributed by atoms with E-state index in [9.17, 15) is 13.6 Å². The molecule has 0 radical (unpaired) electrons. The van der Waals surface area contributed by atoms with Crippen LogP contribution in [0.3, 0.4) is 0 Å². The summed E-state index contributed by atoms with van der Waals surface area (Å²) in [5.74, 6) is -0.362. The minimum atomic E-state index is -0.690. The first kappa shape index (κ1) is 19.1. The second-order valence-corrected chi connectivity index (χ2v) is 6.71. The van der Waals surface area contributed by atoms with Gasteiger partial charge in [0, 0.05) is 18.2 Å². The van der Waals surface area contributed by atoms with Crippen molar-refractivity contribution in [2.45, 2.75) is 31.6 Å². The number of hydrogen-bond acceptors (Lipinski definition) is 5. The third kappa shape index (κ3) is 4.36. The topological polar surface area (TPSA) is 73.0 Å². The fraction of sp³-hybridized carbons (Fsp3) is 0.278. The number of benzene rings is 1. The molecule has 1 atom stereocenters. The van der Waals surface area contributed by atoms with Gasteiger partial charge in [0.15, 0.2) is 16.7 Å². The lowest BCUT2D eigenvalue weighted by Crippen LogP contribution is -2.28. The maximum absolute atomic E-state index is 13.8. The van der Waals surface area contributed by atoms with Gasteiger partial charge in [-0.25, -0.2) is 8.78 Å². The van der Waals surface area contributed by atoms with Gasteiger partial charge in [-0.3, -0.25) is 9.36 Å². The lowest BCUT2D eigenvalue weighted by atomic mass is 10.1. The van der Waals surface area contributed by atoms with Crippen molar-refractivity contribution in [1.29, 1.82) is 0 Å². The van der Waals surface area contributed by atoms with E-state index in [0.717, 1.165) is 12.1 Å². The third-order valence-electron chi connectivity index (χ3n) is 3.91. The Labute approximate surface area is 159 Å². The van der Waals surface area contributed by atoms with E-state index in [1.54, 1.807) is 25.3 Å². The average Bonchev–Trinajstić information content (AvgIpc) is 3.28. The number of hydrogen-bond donors (Lipinski definition) is 1. The number of amides is 1. The Morgan fingerprint density at radius 1 is 1.33 bits per heavy atom. The molecule has 0 fully saturated rings. The highest BCUT2D eigenvalue weighted by Crippen LogP contribution is 2.24. The van der Waals surface area contributed by atoms with Gasteiger partial charge in [0.2, 0.25) is 5.91 Å². The van der Waals surface area contributed by atoms with Crippen molar-refractivity contribution in [3.63, 3.8) is 0 Å². The Bertz CT molecular complexity index is 928. The summed E-state index contributed by atoms with van der Waals surface area (Å²) in [4.78, 5) is 12.2. The van der Waals surface area contributed by atoms with Crippen molar-refractivity contribution in [2.75, 3.05) is 5.75 Å². The molecule has 6 nitrogen and oxygen atoms in total. The maximum atomic E-state index is 13.8. The van der Waals surface area contributed by atoms with Gasteiger partial charge in [0.05, 0.1) is 18.1 Å². The van der Waals surface area contributed by atoms with Crippen molar-refractivity contribution in [3.8, 4) is 11.6 Å². The Balaban J connectivity index is 1.62. The molecule has 1 N–H and O–H groups in total. The smallest absolute Gasteiger partial charge is 0.230 e. The minimum absolute atomic E-state index is 0.0867. The summed E-state index contributed by atoms with van der Waals surface area (Å²) in [6.07, 6.45) is 1.56. The normalized spacial score (nSPS) is 12.1. The van der Waals surface area contributed by atoms with Crippen LogP contribution in [0.15, 0.2) is 46.2 Å². The van der Waals surface area contributed by atoms with E-state index in [-0.39, 0.29) is 17.2 Å². The highest BCUT2D eigenvalue weighted by molar-refractivity contribution is 7.99. The lowest BCUT2D eigenvalue weighted by molar-refractivity contribution is -0.119. The minimum Gasteiger partial charge on any atom is -0.461 e. The monoisotopic (exact) mass is 392 g/mol. The number of halogens is 2. The Morgan fingerprint density at radius 3 is 2.81 bits per heavy atom. The molecule has 1 unspecified atom stereocenters. The van der Waals surface area contributed by atoms with Crippen LogP contribution in [-0.2, 0) is 11.3 Å². The molecule has 0 aliphatic heterocycles. The zero-order valence-corrected chi connectivity index (χ0v) is 15.6. The molecule has 0 saturated carbocycles. The largest absolute Gasteiger partial charge is 0.461 e. The summed E-state index contributed by atoms with van der Waals surface area (Å²) < 4.78 is 34.0. The quantitative estimate of drug-likeness (QED) is 0.619. The van der Waals surface area contributed by atoms with Crippen LogP contribution in [0.25, 0.3) is 11.6 Å². The number of nitrogens with one attached hydrogen (secondary N) is 1. The highest BCUT2D eigenvalue weighted by atomic mass is 32.2. The molecule has 0 aliphatic rings. The van der Waals surface area contributed by atoms with Gasteiger partial charge in [-0.2, -0.15) is 0 Å². The molecule has 1 aromatic carbocycles. The van der Waals surface area contributed by atoms with Crippen molar-refractivity contribution in [2.24, 2.45) is 0 Å². The summed E-state index contributed by atoms with van der Waals surface area (Å²) in [7, 11) is 0. The number of furan rings is 1. The van der Waals surface area contributed by atoms with E-state index in [4.69, 9.17) is 4.42 Å². The fourth-order valence-corrected chi connectivity index (χ4v) is 3.43. The fourth-order valence-electron chi connectivity index (χ4n) is 2.61. The molecule has 9 heteroatoms. The first-order chi connectivity index (χ1) is 13.0. The predicted molar refractivity (Wildman–Crippen MR) is 97.0 cm³/mol. The summed E-state index contributed by atoms with van der Waals surface area (Å²) in [5, 5.41) is 11.5. The molecule has 3 aromatic rings. The van der Waals surface area contributed by atoms with Crippen molar-refractivity contribution in [1.82, 2.24) is 20.1 Å². The zero-order chi connectivity index (χ0) is 19.4. The molecular weight excluding hydrogens is 374 g/mol. The molecule has 0 spiro atoms. The van der Waals surface area contributed by atoms with E-state index >= 15 is 0 Å². The van der Waals surface area contributed by atoms with Crippen LogP contribution in [0.2, 0.25) is 0 Å². The zero-order valence-electron chi connectivity index (χ0n) is 14.8. The lowest BCUT2D eigenvalue weighted by Gasteiger charge is -2.15. The summed E-state index contributed by atoms with van der Waals surface area (Å²) in [6, 6.07) is 6.26. The van der Waals surface area contributed by atoms with E-state index in [2.05, 4.69) is 15.5 Å². The first-order valence-corrected chi connectivity index (χ1v) is 9.32. The number of rotatable bonds is 7. The van der Waals surface area contributed by atoms with Gasteiger partial charge in [-0.1, -0.05) is 17.8 Å². The molecule has 2 heterocycles. The number of nitrogens with zero attached hydrogens (tertiary/aromatic N) is 3. The molecule has 27 heavy (non-hydrogen) atoms. The summed E-state index contributed by atoms with van der Waals surface area (Å²) >= 11 is 1.22. The molecule has 2 aromatic heterocycles. The average molecular weight is 392 g/mol. The van der Waals surface area contributed by atoms with Crippen LogP contribution in [0.1, 0.15) is 25.5 Å². The van der Waals surface area contributed by atoms with E-state index in [1.165, 1.54) is 17.8 Å². The Hall–Kier alpha value is -2.68. The van der Waals surface area contributed by atoms with Crippen molar-refractivity contribution >= 4 is 17.7 Å². The summed E-state index contributed by atoms with van der Waals surface area (Å²) in [5.41, 5.74) is 0.228. The van der Waals surface area contributed by atoms with E-state index < -0.39 is 17.7 Å². The van der Waals surface area contributed by atoms with Gasteiger partial charge in [0.1, 0.15) is 11.6 Å².